The molecule has 0 spiro atoms. The number of amides is 1. The maximum Gasteiger partial charge on any atom is 0.397 e. The van der Waals surface area contributed by atoms with Crippen LogP contribution in [0.3, 0.4) is 0 Å². The molecule has 1 aliphatic heterocycles. The zero-order chi connectivity index (χ0) is 21.3. The first kappa shape index (κ1) is 22.3. The van der Waals surface area contributed by atoms with Gasteiger partial charge in [0.1, 0.15) is 22.3 Å². The predicted octanol–water partition coefficient (Wildman–Crippen LogP) is 2.56. The van der Waals surface area contributed by atoms with Crippen LogP contribution in [0.25, 0.3) is 0 Å². The number of nitrogens with one attached hydrogen (secondary N) is 1. The van der Waals surface area contributed by atoms with E-state index in [1.54, 1.807) is 41.5 Å². The molecule has 28 heavy (non-hydrogen) atoms. The number of anilines is 1. The number of thiophene rings is 1. The fourth-order valence-electron chi connectivity index (χ4n) is 2.66. The van der Waals surface area contributed by atoms with Gasteiger partial charge in [0, 0.05) is 11.4 Å². The van der Waals surface area contributed by atoms with Crippen molar-refractivity contribution in [2.75, 3.05) is 18.5 Å². The molecule has 1 aromatic rings. The number of rotatable bonds is 3. The van der Waals surface area contributed by atoms with E-state index in [0.717, 1.165) is 10.4 Å². The van der Waals surface area contributed by atoms with Gasteiger partial charge >= 0.3 is 17.8 Å². The summed E-state index contributed by atoms with van der Waals surface area (Å²) in [5, 5.41) is 2.74. The lowest BCUT2D eigenvalue weighted by atomic mass is 10.0. The molecule has 1 amide bonds. The lowest BCUT2D eigenvalue weighted by Crippen LogP contribution is -2.33. The van der Waals surface area contributed by atoms with Gasteiger partial charge in [-0.25, -0.2) is 9.59 Å². The molecule has 0 radical (unpaired) electrons. The highest BCUT2D eigenvalue weighted by molar-refractivity contribution is 7.17. The Morgan fingerprint density at radius 3 is 2.29 bits per heavy atom. The van der Waals surface area contributed by atoms with Gasteiger partial charge in [0.2, 0.25) is 0 Å². The monoisotopic (exact) mass is 412 g/mol. The second-order valence-electron chi connectivity index (χ2n) is 8.45. The summed E-state index contributed by atoms with van der Waals surface area (Å²) < 4.78 is 16.2. The highest BCUT2D eigenvalue weighted by Crippen LogP contribution is 2.41. The lowest BCUT2D eigenvalue weighted by Gasteiger charge is -2.23. The summed E-state index contributed by atoms with van der Waals surface area (Å²) in [5.41, 5.74) is 5.24. The minimum absolute atomic E-state index is 0.235. The average molecular weight is 413 g/mol. The van der Waals surface area contributed by atoms with Crippen molar-refractivity contribution >= 4 is 34.2 Å². The molecule has 0 saturated heterocycles. The third-order valence-electron chi connectivity index (χ3n) is 3.63. The molecular weight excluding hydrogens is 384 g/mol. The van der Waals surface area contributed by atoms with Crippen LogP contribution < -0.4 is 11.1 Å². The summed E-state index contributed by atoms with van der Waals surface area (Å²) in [6.07, 6.45) is 0.112. The maximum absolute atomic E-state index is 12.8. The first-order valence-corrected chi connectivity index (χ1v) is 9.89. The van der Waals surface area contributed by atoms with Crippen LogP contribution in [0.4, 0.5) is 5.00 Å². The van der Waals surface area contributed by atoms with Crippen molar-refractivity contribution < 1.29 is 28.6 Å². The summed E-state index contributed by atoms with van der Waals surface area (Å²) in [4.78, 5) is 38.0. The fraction of sp³-hybridized carbons (Fsp3) is 0.632. The van der Waals surface area contributed by atoms with Crippen molar-refractivity contribution in [1.82, 2.24) is 0 Å². The minimum Gasteiger partial charge on any atom is -0.456 e. The number of hydrogen-bond acceptors (Lipinski definition) is 8. The van der Waals surface area contributed by atoms with Gasteiger partial charge in [-0.3, -0.25) is 4.79 Å². The highest BCUT2D eigenvalue weighted by atomic mass is 32.1. The number of carbonyl (C=O) groups excluding carboxylic acids is 3. The van der Waals surface area contributed by atoms with Gasteiger partial charge in [-0.1, -0.05) is 0 Å². The molecule has 1 unspecified atom stereocenters. The Kier molecular flexibility index (Phi) is 6.52. The molecule has 1 atom stereocenters. The SMILES string of the molecule is CC(C)(C)OC(=O)C(=O)Nc1sc2c(c1C(=O)OC(C)(C)C)CCOC2CN. The Morgan fingerprint density at radius 1 is 1.14 bits per heavy atom. The van der Waals surface area contributed by atoms with Crippen LogP contribution in [-0.4, -0.2) is 42.2 Å². The van der Waals surface area contributed by atoms with Crippen molar-refractivity contribution in [3.8, 4) is 0 Å². The van der Waals surface area contributed by atoms with E-state index in [1.165, 1.54) is 11.3 Å². The van der Waals surface area contributed by atoms with Gasteiger partial charge in [0.15, 0.2) is 0 Å². The van der Waals surface area contributed by atoms with Crippen LogP contribution >= 0.6 is 11.3 Å². The van der Waals surface area contributed by atoms with Gasteiger partial charge in [-0.2, -0.15) is 0 Å². The van der Waals surface area contributed by atoms with Crippen molar-refractivity contribution in [2.45, 2.75) is 65.3 Å². The van der Waals surface area contributed by atoms with E-state index < -0.39 is 29.0 Å². The molecule has 156 valence electrons. The summed E-state index contributed by atoms with van der Waals surface area (Å²) in [7, 11) is 0. The largest absolute Gasteiger partial charge is 0.456 e. The van der Waals surface area contributed by atoms with Gasteiger partial charge in [0.05, 0.1) is 12.2 Å². The summed E-state index contributed by atoms with van der Waals surface area (Å²) in [5.74, 6) is -2.55. The number of esters is 2. The normalized spacial score (nSPS) is 16.9. The molecule has 0 fully saturated rings. The second kappa shape index (κ2) is 8.18. The first-order valence-electron chi connectivity index (χ1n) is 9.07. The fourth-order valence-corrected chi connectivity index (χ4v) is 3.95. The Balaban J connectivity index is 2.39. The number of carbonyl (C=O) groups is 3. The molecule has 0 aromatic carbocycles. The van der Waals surface area contributed by atoms with Crippen molar-refractivity contribution in [1.29, 1.82) is 0 Å². The van der Waals surface area contributed by atoms with Crippen LogP contribution in [0.15, 0.2) is 0 Å². The zero-order valence-corrected chi connectivity index (χ0v) is 18.0. The molecule has 0 bridgehead atoms. The van der Waals surface area contributed by atoms with Crippen LogP contribution in [0, 0.1) is 0 Å². The molecule has 0 saturated carbocycles. The molecule has 2 rings (SSSR count). The Hall–Kier alpha value is -1.97. The topological polar surface area (TPSA) is 117 Å². The third-order valence-corrected chi connectivity index (χ3v) is 4.87. The van der Waals surface area contributed by atoms with Gasteiger partial charge in [-0.05, 0) is 53.5 Å². The molecule has 0 aliphatic carbocycles. The smallest absolute Gasteiger partial charge is 0.397 e. The van der Waals surface area contributed by atoms with E-state index >= 15 is 0 Å². The highest BCUT2D eigenvalue weighted by Gasteiger charge is 2.34. The first-order chi connectivity index (χ1) is 12.8. The quantitative estimate of drug-likeness (QED) is 0.579. The van der Waals surface area contributed by atoms with Crippen LogP contribution in [0.1, 0.15) is 68.4 Å². The predicted molar refractivity (Wildman–Crippen MR) is 105 cm³/mol. The maximum atomic E-state index is 12.8. The van der Waals surface area contributed by atoms with Crippen LogP contribution in [0.5, 0.6) is 0 Å². The van der Waals surface area contributed by atoms with E-state index in [0.29, 0.717) is 13.0 Å². The van der Waals surface area contributed by atoms with E-state index in [2.05, 4.69) is 5.32 Å². The molecule has 8 nitrogen and oxygen atoms in total. The van der Waals surface area contributed by atoms with Crippen molar-refractivity contribution in [2.24, 2.45) is 5.73 Å². The van der Waals surface area contributed by atoms with Gasteiger partial charge in [-0.15, -0.1) is 11.3 Å². The van der Waals surface area contributed by atoms with Crippen LogP contribution in [-0.2, 0) is 30.2 Å². The number of fused-ring (bicyclic) bond motifs is 1. The molecular formula is C19H28N2O6S. The van der Waals surface area contributed by atoms with E-state index in [4.69, 9.17) is 19.9 Å². The molecule has 2 heterocycles. The van der Waals surface area contributed by atoms with Gasteiger partial charge < -0.3 is 25.3 Å². The Labute approximate surface area is 168 Å². The third kappa shape index (κ3) is 5.52. The average Bonchev–Trinajstić information content (AvgIpc) is 2.89. The van der Waals surface area contributed by atoms with E-state index in [1.807, 2.05) is 0 Å². The summed E-state index contributed by atoms with van der Waals surface area (Å²) in [6.45, 7) is 10.9. The summed E-state index contributed by atoms with van der Waals surface area (Å²) in [6, 6.07) is 0. The van der Waals surface area contributed by atoms with Crippen molar-refractivity contribution in [3.63, 3.8) is 0 Å². The number of ether oxygens (including phenoxy) is 3. The number of nitrogens with two attached hydrogens (primary N) is 1. The Morgan fingerprint density at radius 2 is 1.75 bits per heavy atom. The summed E-state index contributed by atoms with van der Waals surface area (Å²) >= 11 is 1.17. The number of hydrogen-bond donors (Lipinski definition) is 2. The van der Waals surface area contributed by atoms with Crippen LogP contribution in [0.2, 0.25) is 0 Å². The van der Waals surface area contributed by atoms with E-state index in [9.17, 15) is 14.4 Å². The minimum atomic E-state index is -1.03. The lowest BCUT2D eigenvalue weighted by molar-refractivity contribution is -0.161. The van der Waals surface area contributed by atoms with Crippen molar-refractivity contribution in [3.05, 3.63) is 16.0 Å². The standard InChI is InChI=1S/C19H28N2O6S/c1-18(2,3)26-16(23)12-10-7-8-25-11(9-20)13(10)28-15(12)21-14(22)17(24)27-19(4,5)6/h11H,7-9,20H2,1-6H3,(H,21,22). The molecule has 1 aliphatic rings. The Bertz CT molecular complexity index is 773. The molecule has 3 N–H and O–H groups in total. The second-order valence-corrected chi connectivity index (χ2v) is 9.50. The molecule has 1 aromatic heterocycles. The molecule has 9 heteroatoms. The van der Waals surface area contributed by atoms with Gasteiger partial charge in [0.25, 0.3) is 0 Å². The van der Waals surface area contributed by atoms with E-state index in [-0.39, 0.29) is 23.2 Å². The zero-order valence-electron chi connectivity index (χ0n) is 17.1.